The summed E-state index contributed by atoms with van der Waals surface area (Å²) in [6.07, 6.45) is 1.76. The first-order chi connectivity index (χ1) is 12.6. The van der Waals surface area contributed by atoms with Crippen LogP contribution >= 0.6 is 0 Å². The van der Waals surface area contributed by atoms with Gasteiger partial charge in [0.15, 0.2) is 5.76 Å². The maximum absolute atomic E-state index is 12.4. The Kier molecular flexibility index (Phi) is 5.61. The zero-order valence-corrected chi connectivity index (χ0v) is 15.3. The van der Waals surface area contributed by atoms with Crippen LogP contribution in [0, 0.1) is 13.8 Å². The molecule has 2 heterocycles. The van der Waals surface area contributed by atoms with E-state index >= 15 is 0 Å². The summed E-state index contributed by atoms with van der Waals surface area (Å²) in [4.78, 5) is 28.4. The second-order valence-electron chi connectivity index (χ2n) is 6.57. The Labute approximate surface area is 153 Å². The van der Waals surface area contributed by atoms with Gasteiger partial charge in [0.1, 0.15) is 0 Å². The van der Waals surface area contributed by atoms with Gasteiger partial charge >= 0.3 is 0 Å². The minimum atomic E-state index is -0.289. The maximum Gasteiger partial charge on any atom is 0.286 e. The number of piperazine rings is 1. The van der Waals surface area contributed by atoms with E-state index in [0.717, 1.165) is 13.1 Å². The number of benzene rings is 1. The van der Waals surface area contributed by atoms with Gasteiger partial charge in [-0.05, 0) is 43.2 Å². The second-order valence-corrected chi connectivity index (χ2v) is 6.57. The van der Waals surface area contributed by atoms with Crippen molar-refractivity contribution in [2.24, 2.45) is 0 Å². The van der Waals surface area contributed by atoms with Gasteiger partial charge in [-0.3, -0.25) is 9.59 Å². The van der Waals surface area contributed by atoms with Gasteiger partial charge in [-0.15, -0.1) is 0 Å². The molecule has 0 aliphatic carbocycles. The van der Waals surface area contributed by atoms with E-state index in [9.17, 15) is 9.59 Å². The first kappa shape index (κ1) is 18.0. The smallest absolute Gasteiger partial charge is 0.286 e. The average Bonchev–Trinajstić information content (AvgIpc) is 3.19. The number of rotatable bonds is 5. The van der Waals surface area contributed by atoms with Gasteiger partial charge in [-0.1, -0.05) is 12.1 Å². The summed E-state index contributed by atoms with van der Waals surface area (Å²) in [5, 5.41) is 2.71. The Bertz CT molecular complexity index is 763. The van der Waals surface area contributed by atoms with Gasteiger partial charge in [-0.2, -0.15) is 0 Å². The van der Waals surface area contributed by atoms with Crippen LogP contribution in [0.15, 0.2) is 41.0 Å². The summed E-state index contributed by atoms with van der Waals surface area (Å²) in [6.45, 7) is 7.65. The molecule has 0 bridgehead atoms. The molecule has 0 saturated carbocycles. The highest BCUT2D eigenvalue weighted by atomic mass is 16.3. The molecule has 138 valence electrons. The van der Waals surface area contributed by atoms with E-state index in [4.69, 9.17) is 4.42 Å². The van der Waals surface area contributed by atoms with Crippen LogP contribution < -0.4 is 10.2 Å². The largest absolute Gasteiger partial charge is 0.459 e. The summed E-state index contributed by atoms with van der Waals surface area (Å²) in [5.74, 6) is 0.0486. The SMILES string of the molecule is Cc1cccc(N2CCN(C(=O)CCNC(=O)c3ccco3)CC2)c1C. The van der Waals surface area contributed by atoms with Crippen molar-refractivity contribution < 1.29 is 14.0 Å². The molecule has 6 nitrogen and oxygen atoms in total. The van der Waals surface area contributed by atoms with Crippen LogP contribution in [0.1, 0.15) is 28.1 Å². The van der Waals surface area contributed by atoms with Crippen LogP contribution in [0.2, 0.25) is 0 Å². The van der Waals surface area contributed by atoms with Gasteiger partial charge in [-0.25, -0.2) is 0 Å². The Hall–Kier alpha value is -2.76. The molecule has 0 unspecified atom stereocenters. The third kappa shape index (κ3) is 4.07. The second kappa shape index (κ2) is 8.08. The number of furan rings is 1. The molecule has 1 saturated heterocycles. The Morgan fingerprint density at radius 1 is 1.08 bits per heavy atom. The Morgan fingerprint density at radius 2 is 1.85 bits per heavy atom. The van der Waals surface area contributed by atoms with Crippen LogP contribution in [0.25, 0.3) is 0 Å². The fourth-order valence-electron chi connectivity index (χ4n) is 3.21. The lowest BCUT2D eigenvalue weighted by atomic mass is 10.1. The molecule has 1 aromatic heterocycles. The van der Waals surface area contributed by atoms with E-state index in [0.29, 0.717) is 26.1 Å². The predicted octanol–water partition coefficient (Wildman–Crippen LogP) is 2.37. The number of carbonyl (C=O) groups is 2. The molecule has 3 rings (SSSR count). The first-order valence-corrected chi connectivity index (χ1v) is 8.97. The monoisotopic (exact) mass is 355 g/mol. The zero-order valence-electron chi connectivity index (χ0n) is 15.3. The van der Waals surface area contributed by atoms with E-state index in [-0.39, 0.29) is 17.6 Å². The number of anilines is 1. The summed E-state index contributed by atoms with van der Waals surface area (Å²) in [5.41, 5.74) is 3.84. The lowest BCUT2D eigenvalue weighted by molar-refractivity contribution is -0.131. The standard InChI is InChI=1S/C20H25N3O3/c1-15-5-3-6-17(16(15)2)22-10-12-23(13-11-22)19(24)8-9-21-20(25)18-7-4-14-26-18/h3-7,14H,8-13H2,1-2H3,(H,21,25). The van der Waals surface area contributed by atoms with Gasteiger partial charge < -0.3 is 19.5 Å². The molecular formula is C20H25N3O3. The number of hydrogen-bond acceptors (Lipinski definition) is 4. The molecule has 2 amide bonds. The zero-order chi connectivity index (χ0) is 18.5. The molecule has 0 atom stereocenters. The maximum atomic E-state index is 12.4. The van der Waals surface area contributed by atoms with Crippen molar-refractivity contribution in [1.29, 1.82) is 0 Å². The van der Waals surface area contributed by atoms with Crippen molar-refractivity contribution in [3.05, 3.63) is 53.5 Å². The lowest BCUT2D eigenvalue weighted by Gasteiger charge is -2.37. The molecular weight excluding hydrogens is 330 g/mol. The van der Waals surface area contributed by atoms with Crippen LogP contribution in [-0.2, 0) is 4.79 Å². The number of nitrogens with zero attached hydrogens (tertiary/aromatic N) is 2. The fourth-order valence-corrected chi connectivity index (χ4v) is 3.21. The van der Waals surface area contributed by atoms with Crippen LogP contribution in [-0.4, -0.2) is 49.4 Å². The van der Waals surface area contributed by atoms with Crippen molar-refractivity contribution >= 4 is 17.5 Å². The normalized spacial score (nSPS) is 14.4. The number of nitrogens with one attached hydrogen (secondary N) is 1. The molecule has 2 aromatic rings. The van der Waals surface area contributed by atoms with Crippen molar-refractivity contribution in [2.45, 2.75) is 20.3 Å². The van der Waals surface area contributed by atoms with Gasteiger partial charge in [0.25, 0.3) is 5.91 Å². The minimum absolute atomic E-state index is 0.0744. The van der Waals surface area contributed by atoms with Gasteiger partial charge in [0, 0.05) is 44.8 Å². The molecule has 0 radical (unpaired) electrons. The van der Waals surface area contributed by atoms with E-state index < -0.39 is 0 Å². The molecule has 26 heavy (non-hydrogen) atoms. The quantitative estimate of drug-likeness (QED) is 0.894. The lowest BCUT2D eigenvalue weighted by Crippen LogP contribution is -2.49. The predicted molar refractivity (Wildman–Crippen MR) is 100 cm³/mol. The highest BCUT2D eigenvalue weighted by Crippen LogP contribution is 2.23. The van der Waals surface area contributed by atoms with Crippen molar-refractivity contribution in [2.75, 3.05) is 37.6 Å². The fraction of sp³-hybridized carbons (Fsp3) is 0.400. The Balaban J connectivity index is 1.45. The number of hydrogen-bond donors (Lipinski definition) is 1. The molecule has 1 N–H and O–H groups in total. The van der Waals surface area contributed by atoms with Gasteiger partial charge in [0.05, 0.1) is 6.26 Å². The topological polar surface area (TPSA) is 65.8 Å². The highest BCUT2D eigenvalue weighted by molar-refractivity contribution is 5.91. The molecule has 1 aromatic carbocycles. The highest BCUT2D eigenvalue weighted by Gasteiger charge is 2.22. The van der Waals surface area contributed by atoms with E-state index in [1.54, 1.807) is 12.1 Å². The van der Waals surface area contributed by atoms with Gasteiger partial charge in [0.2, 0.25) is 5.91 Å². The first-order valence-electron chi connectivity index (χ1n) is 8.97. The molecule has 1 fully saturated rings. The number of aryl methyl sites for hydroxylation is 1. The van der Waals surface area contributed by atoms with Crippen LogP contribution in [0.5, 0.6) is 0 Å². The van der Waals surface area contributed by atoms with E-state index in [1.807, 2.05) is 4.90 Å². The Morgan fingerprint density at radius 3 is 2.54 bits per heavy atom. The average molecular weight is 355 g/mol. The molecule has 0 spiro atoms. The summed E-state index contributed by atoms with van der Waals surface area (Å²) >= 11 is 0. The van der Waals surface area contributed by atoms with Crippen LogP contribution in [0.4, 0.5) is 5.69 Å². The van der Waals surface area contributed by atoms with Crippen molar-refractivity contribution in [1.82, 2.24) is 10.2 Å². The third-order valence-electron chi connectivity index (χ3n) is 4.92. The summed E-state index contributed by atoms with van der Waals surface area (Å²) < 4.78 is 5.03. The molecule has 1 aliphatic heterocycles. The van der Waals surface area contributed by atoms with E-state index in [1.165, 1.54) is 23.1 Å². The summed E-state index contributed by atoms with van der Waals surface area (Å²) in [7, 11) is 0. The molecule has 1 aliphatic rings. The number of carbonyl (C=O) groups excluding carboxylic acids is 2. The van der Waals surface area contributed by atoms with Crippen molar-refractivity contribution in [3.8, 4) is 0 Å². The van der Waals surface area contributed by atoms with Crippen molar-refractivity contribution in [3.63, 3.8) is 0 Å². The minimum Gasteiger partial charge on any atom is -0.459 e. The summed E-state index contributed by atoms with van der Waals surface area (Å²) in [6, 6.07) is 9.61. The number of amides is 2. The molecule has 6 heteroatoms. The van der Waals surface area contributed by atoms with E-state index in [2.05, 4.69) is 42.3 Å². The third-order valence-corrected chi connectivity index (χ3v) is 4.92. The van der Waals surface area contributed by atoms with Crippen LogP contribution in [0.3, 0.4) is 0 Å².